The summed E-state index contributed by atoms with van der Waals surface area (Å²) in [6.45, 7) is 2.37. The monoisotopic (exact) mass is 256 g/mol. The van der Waals surface area contributed by atoms with Gasteiger partial charge in [0.25, 0.3) is 0 Å². The lowest BCUT2D eigenvalue weighted by Crippen LogP contribution is -2.07. The van der Waals surface area contributed by atoms with Crippen LogP contribution in [0.2, 0.25) is 0 Å². The van der Waals surface area contributed by atoms with Crippen LogP contribution < -0.4 is 4.74 Å². The van der Waals surface area contributed by atoms with Gasteiger partial charge < -0.3 is 9.47 Å². The Labute approximate surface area is 112 Å². The van der Waals surface area contributed by atoms with E-state index in [0.29, 0.717) is 23.7 Å². The standard InChI is InChI=1S/C16H16O3/c1-2-12-18-16(17)14-10-6-7-11-15(14)19-13-8-4-3-5-9-13/h3-11H,2,12H2,1H3. The van der Waals surface area contributed by atoms with Gasteiger partial charge in [0.1, 0.15) is 17.1 Å². The second-order valence-electron chi connectivity index (χ2n) is 4.05. The van der Waals surface area contributed by atoms with E-state index in [1.54, 1.807) is 18.2 Å². The molecular weight excluding hydrogens is 240 g/mol. The Balaban J connectivity index is 2.19. The third-order valence-electron chi connectivity index (χ3n) is 2.52. The fourth-order valence-corrected chi connectivity index (χ4v) is 1.61. The van der Waals surface area contributed by atoms with Gasteiger partial charge in [-0.15, -0.1) is 0 Å². The lowest BCUT2D eigenvalue weighted by Gasteiger charge is -2.10. The van der Waals surface area contributed by atoms with E-state index in [1.165, 1.54) is 0 Å². The van der Waals surface area contributed by atoms with E-state index in [-0.39, 0.29) is 5.97 Å². The molecule has 0 aliphatic heterocycles. The van der Waals surface area contributed by atoms with Crippen LogP contribution in [0.4, 0.5) is 0 Å². The predicted octanol–water partition coefficient (Wildman–Crippen LogP) is 4.05. The first-order chi connectivity index (χ1) is 9.31. The van der Waals surface area contributed by atoms with Crippen molar-refractivity contribution in [1.29, 1.82) is 0 Å². The molecular formula is C16H16O3. The van der Waals surface area contributed by atoms with Gasteiger partial charge >= 0.3 is 5.97 Å². The summed E-state index contributed by atoms with van der Waals surface area (Å²) in [5.41, 5.74) is 0.444. The van der Waals surface area contributed by atoms with Crippen molar-refractivity contribution in [3.05, 3.63) is 60.2 Å². The van der Waals surface area contributed by atoms with Gasteiger partial charge in [-0.2, -0.15) is 0 Å². The number of rotatable bonds is 5. The quantitative estimate of drug-likeness (QED) is 0.757. The highest BCUT2D eigenvalue weighted by Crippen LogP contribution is 2.25. The van der Waals surface area contributed by atoms with Crippen molar-refractivity contribution in [2.45, 2.75) is 13.3 Å². The molecule has 0 radical (unpaired) electrons. The van der Waals surface area contributed by atoms with E-state index >= 15 is 0 Å². The van der Waals surface area contributed by atoms with Crippen molar-refractivity contribution in [1.82, 2.24) is 0 Å². The lowest BCUT2D eigenvalue weighted by atomic mass is 10.2. The third-order valence-corrected chi connectivity index (χ3v) is 2.52. The molecule has 0 amide bonds. The summed E-state index contributed by atoms with van der Waals surface area (Å²) < 4.78 is 10.8. The van der Waals surface area contributed by atoms with E-state index in [4.69, 9.17) is 9.47 Å². The van der Waals surface area contributed by atoms with Crippen LogP contribution in [0.3, 0.4) is 0 Å². The Morgan fingerprint density at radius 1 is 1.00 bits per heavy atom. The molecule has 2 rings (SSSR count). The van der Waals surface area contributed by atoms with Gasteiger partial charge in [-0.25, -0.2) is 4.79 Å². The first-order valence-electron chi connectivity index (χ1n) is 6.30. The van der Waals surface area contributed by atoms with Crippen molar-refractivity contribution in [2.75, 3.05) is 6.61 Å². The molecule has 0 saturated carbocycles. The third kappa shape index (κ3) is 3.58. The molecule has 0 aliphatic carbocycles. The Hall–Kier alpha value is -2.29. The zero-order chi connectivity index (χ0) is 13.5. The Kier molecular flexibility index (Phi) is 4.56. The summed E-state index contributed by atoms with van der Waals surface area (Å²) in [5.74, 6) is 0.849. The average Bonchev–Trinajstić information content (AvgIpc) is 2.46. The molecule has 0 fully saturated rings. The maximum Gasteiger partial charge on any atom is 0.341 e. The van der Waals surface area contributed by atoms with Gasteiger partial charge in [0, 0.05) is 0 Å². The summed E-state index contributed by atoms with van der Waals surface area (Å²) >= 11 is 0. The molecule has 3 heteroatoms. The fraction of sp³-hybridized carbons (Fsp3) is 0.188. The number of esters is 1. The molecule has 0 atom stereocenters. The Morgan fingerprint density at radius 2 is 1.68 bits per heavy atom. The van der Waals surface area contributed by atoms with Gasteiger partial charge in [-0.05, 0) is 30.7 Å². The number of carbonyl (C=O) groups excluding carboxylic acids is 1. The first-order valence-corrected chi connectivity index (χ1v) is 6.30. The molecule has 98 valence electrons. The van der Waals surface area contributed by atoms with Crippen molar-refractivity contribution >= 4 is 5.97 Å². The largest absolute Gasteiger partial charge is 0.462 e. The molecule has 0 saturated heterocycles. The van der Waals surface area contributed by atoms with Crippen LogP contribution >= 0.6 is 0 Å². The van der Waals surface area contributed by atoms with Crippen LogP contribution in [0, 0.1) is 0 Å². The average molecular weight is 256 g/mol. The summed E-state index contributed by atoms with van der Waals surface area (Å²) in [7, 11) is 0. The molecule has 0 heterocycles. The highest BCUT2D eigenvalue weighted by molar-refractivity contribution is 5.92. The summed E-state index contributed by atoms with van der Waals surface area (Å²) in [5, 5.41) is 0. The SMILES string of the molecule is CCCOC(=O)c1ccccc1Oc1ccccc1. The Morgan fingerprint density at radius 3 is 2.42 bits per heavy atom. The van der Waals surface area contributed by atoms with Crippen LogP contribution in [0.1, 0.15) is 23.7 Å². The van der Waals surface area contributed by atoms with E-state index in [1.807, 2.05) is 43.3 Å². The summed E-state index contributed by atoms with van der Waals surface area (Å²) in [6.07, 6.45) is 0.799. The highest BCUT2D eigenvalue weighted by Gasteiger charge is 2.13. The molecule has 0 aromatic heterocycles. The smallest absolute Gasteiger partial charge is 0.341 e. The number of hydrogen-bond donors (Lipinski definition) is 0. The summed E-state index contributed by atoms with van der Waals surface area (Å²) in [4.78, 5) is 11.9. The Bertz CT molecular complexity index is 535. The van der Waals surface area contributed by atoms with Crippen LogP contribution in [0.15, 0.2) is 54.6 Å². The summed E-state index contributed by atoms with van der Waals surface area (Å²) in [6, 6.07) is 16.4. The van der Waals surface area contributed by atoms with Crippen molar-refractivity contribution < 1.29 is 14.3 Å². The van der Waals surface area contributed by atoms with E-state index < -0.39 is 0 Å². The van der Waals surface area contributed by atoms with E-state index in [9.17, 15) is 4.79 Å². The fourth-order valence-electron chi connectivity index (χ4n) is 1.61. The van der Waals surface area contributed by atoms with E-state index in [2.05, 4.69) is 0 Å². The van der Waals surface area contributed by atoms with Gasteiger partial charge in [-0.1, -0.05) is 37.3 Å². The van der Waals surface area contributed by atoms with Crippen molar-refractivity contribution in [2.24, 2.45) is 0 Å². The van der Waals surface area contributed by atoms with Gasteiger partial charge in [0.15, 0.2) is 0 Å². The van der Waals surface area contributed by atoms with Crippen LogP contribution in [-0.4, -0.2) is 12.6 Å². The molecule has 0 unspecified atom stereocenters. The normalized spacial score (nSPS) is 9.95. The lowest BCUT2D eigenvalue weighted by molar-refractivity contribution is 0.0502. The second-order valence-corrected chi connectivity index (χ2v) is 4.05. The first kappa shape index (κ1) is 13.1. The van der Waals surface area contributed by atoms with Gasteiger partial charge in [0.2, 0.25) is 0 Å². The van der Waals surface area contributed by atoms with E-state index in [0.717, 1.165) is 6.42 Å². The molecule has 0 bridgehead atoms. The minimum absolute atomic E-state index is 0.353. The molecule has 2 aromatic rings. The van der Waals surface area contributed by atoms with Crippen LogP contribution in [0.25, 0.3) is 0 Å². The molecule has 0 aliphatic rings. The number of carbonyl (C=O) groups is 1. The van der Waals surface area contributed by atoms with Crippen LogP contribution in [-0.2, 0) is 4.74 Å². The predicted molar refractivity (Wildman–Crippen MR) is 73.5 cm³/mol. The minimum atomic E-state index is -0.353. The number of para-hydroxylation sites is 2. The maximum atomic E-state index is 11.9. The number of hydrogen-bond acceptors (Lipinski definition) is 3. The van der Waals surface area contributed by atoms with Gasteiger partial charge in [-0.3, -0.25) is 0 Å². The number of ether oxygens (including phenoxy) is 2. The molecule has 0 N–H and O–H groups in total. The van der Waals surface area contributed by atoms with Crippen LogP contribution in [0.5, 0.6) is 11.5 Å². The minimum Gasteiger partial charge on any atom is -0.462 e. The number of benzene rings is 2. The zero-order valence-electron chi connectivity index (χ0n) is 10.8. The van der Waals surface area contributed by atoms with Gasteiger partial charge in [0.05, 0.1) is 6.61 Å². The molecule has 19 heavy (non-hydrogen) atoms. The van der Waals surface area contributed by atoms with Crippen molar-refractivity contribution in [3.63, 3.8) is 0 Å². The molecule has 2 aromatic carbocycles. The molecule has 0 spiro atoms. The topological polar surface area (TPSA) is 35.5 Å². The second kappa shape index (κ2) is 6.59. The highest BCUT2D eigenvalue weighted by atomic mass is 16.5. The maximum absolute atomic E-state index is 11.9. The zero-order valence-corrected chi connectivity index (χ0v) is 10.8. The van der Waals surface area contributed by atoms with Crippen molar-refractivity contribution in [3.8, 4) is 11.5 Å². The molecule has 3 nitrogen and oxygen atoms in total.